The zero-order valence-electron chi connectivity index (χ0n) is 18.0. The molecule has 0 saturated heterocycles. The molecule has 0 radical (unpaired) electrons. The molecule has 0 aliphatic heterocycles. The standard InChI is InChI=1S/C25H19Cl2N3O2S/c1-25(2)9-19-23(20(31)10-25)22(15-4-3-7-29-12-15)16(11-28)24(30-19)33-13-21(32)14-5-6-17(26)18(27)8-14/h3-8,12H,9-10,13H2,1-2H3. The fraction of sp³-hybridized carbons (Fsp3) is 0.240. The van der Waals surface area contributed by atoms with Crippen LogP contribution in [-0.4, -0.2) is 27.3 Å². The number of nitriles is 1. The maximum absolute atomic E-state index is 13.1. The van der Waals surface area contributed by atoms with Gasteiger partial charge >= 0.3 is 0 Å². The number of ketones is 2. The highest BCUT2D eigenvalue weighted by Crippen LogP contribution is 2.42. The third kappa shape index (κ3) is 4.81. The molecule has 5 nitrogen and oxygen atoms in total. The molecule has 2 heterocycles. The van der Waals surface area contributed by atoms with Crippen LogP contribution in [0.2, 0.25) is 10.0 Å². The van der Waals surface area contributed by atoms with Gasteiger partial charge in [0.2, 0.25) is 0 Å². The lowest BCUT2D eigenvalue weighted by Gasteiger charge is -2.31. The number of aromatic nitrogens is 2. The molecule has 4 rings (SSSR count). The highest BCUT2D eigenvalue weighted by Gasteiger charge is 2.36. The van der Waals surface area contributed by atoms with Crippen LogP contribution in [0.3, 0.4) is 0 Å². The van der Waals surface area contributed by atoms with Crippen LogP contribution in [0.1, 0.15) is 52.2 Å². The molecule has 0 fully saturated rings. The minimum Gasteiger partial charge on any atom is -0.294 e. The van der Waals surface area contributed by atoms with Crippen molar-refractivity contribution in [2.45, 2.75) is 31.7 Å². The van der Waals surface area contributed by atoms with Gasteiger partial charge in [-0.05, 0) is 36.1 Å². The third-order valence-corrected chi connectivity index (χ3v) is 7.16. The van der Waals surface area contributed by atoms with Crippen LogP contribution in [0.15, 0.2) is 47.8 Å². The van der Waals surface area contributed by atoms with E-state index in [1.54, 1.807) is 30.6 Å². The molecule has 0 unspecified atom stereocenters. The highest BCUT2D eigenvalue weighted by molar-refractivity contribution is 8.00. The van der Waals surface area contributed by atoms with Gasteiger partial charge in [0, 0.05) is 41.1 Å². The Kier molecular flexibility index (Phi) is 6.58. The zero-order chi connectivity index (χ0) is 23.8. The summed E-state index contributed by atoms with van der Waals surface area (Å²) in [6.45, 7) is 4.05. The van der Waals surface area contributed by atoms with Gasteiger partial charge < -0.3 is 0 Å². The van der Waals surface area contributed by atoms with Crippen molar-refractivity contribution in [1.29, 1.82) is 5.26 Å². The summed E-state index contributed by atoms with van der Waals surface area (Å²) in [5.41, 5.74) is 2.82. The molecule has 33 heavy (non-hydrogen) atoms. The maximum atomic E-state index is 13.1. The Hall–Kier alpha value is -2.72. The number of carbonyl (C=O) groups is 2. The SMILES string of the molecule is CC1(C)CC(=O)c2c(nc(SCC(=O)c3ccc(Cl)c(Cl)c3)c(C#N)c2-c2cccnc2)C1. The van der Waals surface area contributed by atoms with Crippen molar-refractivity contribution in [3.8, 4) is 17.2 Å². The Morgan fingerprint density at radius 1 is 1.18 bits per heavy atom. The summed E-state index contributed by atoms with van der Waals surface area (Å²) in [5, 5.41) is 11.1. The number of nitrogens with zero attached hydrogens (tertiary/aromatic N) is 3. The number of rotatable bonds is 5. The number of carbonyl (C=O) groups excluding carboxylic acids is 2. The molecule has 0 saturated carbocycles. The Morgan fingerprint density at radius 3 is 2.64 bits per heavy atom. The second-order valence-electron chi connectivity index (χ2n) is 8.62. The molecule has 166 valence electrons. The van der Waals surface area contributed by atoms with Gasteiger partial charge in [-0.15, -0.1) is 0 Å². The predicted molar refractivity (Wildman–Crippen MR) is 130 cm³/mol. The topological polar surface area (TPSA) is 83.7 Å². The number of hydrogen-bond acceptors (Lipinski definition) is 6. The first-order valence-electron chi connectivity index (χ1n) is 10.2. The molecule has 0 spiro atoms. The van der Waals surface area contributed by atoms with E-state index in [0.717, 1.165) is 0 Å². The van der Waals surface area contributed by atoms with Crippen LogP contribution in [-0.2, 0) is 6.42 Å². The second kappa shape index (κ2) is 9.26. The predicted octanol–water partition coefficient (Wildman–Crippen LogP) is 6.45. The van der Waals surface area contributed by atoms with Gasteiger partial charge in [-0.1, -0.05) is 54.9 Å². The van der Waals surface area contributed by atoms with Crippen LogP contribution in [0.25, 0.3) is 11.1 Å². The molecule has 3 aromatic rings. The molecular weight excluding hydrogens is 477 g/mol. The molecule has 2 aromatic heterocycles. The van der Waals surface area contributed by atoms with Gasteiger partial charge in [0.05, 0.1) is 27.1 Å². The van der Waals surface area contributed by atoms with Gasteiger partial charge in [0.1, 0.15) is 11.1 Å². The van der Waals surface area contributed by atoms with Crippen molar-refractivity contribution in [1.82, 2.24) is 9.97 Å². The van der Waals surface area contributed by atoms with Crippen LogP contribution >= 0.6 is 35.0 Å². The summed E-state index contributed by atoms with van der Waals surface area (Å²) in [4.78, 5) is 34.8. The molecule has 1 aromatic carbocycles. The largest absolute Gasteiger partial charge is 0.294 e. The Bertz CT molecular complexity index is 1320. The van der Waals surface area contributed by atoms with E-state index >= 15 is 0 Å². The third-order valence-electron chi connectivity index (χ3n) is 5.45. The number of fused-ring (bicyclic) bond motifs is 1. The normalized spacial score (nSPS) is 14.5. The summed E-state index contributed by atoms with van der Waals surface area (Å²) in [7, 11) is 0. The van der Waals surface area contributed by atoms with Crippen molar-refractivity contribution in [3.05, 3.63) is 75.2 Å². The summed E-state index contributed by atoms with van der Waals surface area (Å²) in [5.74, 6) is -0.142. The molecule has 1 aliphatic carbocycles. The second-order valence-corrected chi connectivity index (χ2v) is 10.4. The lowest BCUT2D eigenvalue weighted by Crippen LogP contribution is -2.29. The van der Waals surface area contributed by atoms with E-state index in [1.165, 1.54) is 17.8 Å². The average molecular weight is 496 g/mol. The summed E-state index contributed by atoms with van der Waals surface area (Å²) in [6.07, 6.45) is 4.25. The van der Waals surface area contributed by atoms with Gasteiger partial charge in [-0.2, -0.15) is 5.26 Å². The van der Waals surface area contributed by atoms with Crippen LogP contribution in [0.5, 0.6) is 0 Å². The van der Waals surface area contributed by atoms with Crippen LogP contribution < -0.4 is 0 Å². The molecule has 0 amide bonds. The number of Topliss-reactive ketones (excluding diaryl/α,β-unsaturated/α-hetero) is 2. The quantitative estimate of drug-likeness (QED) is 0.298. The maximum Gasteiger partial charge on any atom is 0.173 e. The number of benzene rings is 1. The molecule has 1 aliphatic rings. The number of thioether (sulfide) groups is 1. The van der Waals surface area contributed by atoms with Gasteiger partial charge in [0.15, 0.2) is 11.6 Å². The Labute approximate surface area is 206 Å². The summed E-state index contributed by atoms with van der Waals surface area (Å²) < 4.78 is 0. The summed E-state index contributed by atoms with van der Waals surface area (Å²) in [6, 6.07) is 10.5. The highest BCUT2D eigenvalue weighted by atomic mass is 35.5. The first kappa shape index (κ1) is 23.4. The van der Waals surface area contributed by atoms with Crippen molar-refractivity contribution >= 4 is 46.5 Å². The van der Waals surface area contributed by atoms with Crippen LogP contribution in [0, 0.1) is 16.7 Å². The van der Waals surface area contributed by atoms with Gasteiger partial charge in [0.25, 0.3) is 0 Å². The minimum absolute atomic E-state index is 0.0347. The van der Waals surface area contributed by atoms with Gasteiger partial charge in [-0.25, -0.2) is 4.98 Å². The minimum atomic E-state index is -0.241. The monoisotopic (exact) mass is 495 g/mol. The number of pyridine rings is 2. The van der Waals surface area contributed by atoms with E-state index in [0.29, 0.717) is 55.9 Å². The lowest BCUT2D eigenvalue weighted by atomic mass is 9.73. The van der Waals surface area contributed by atoms with Crippen LogP contribution in [0.4, 0.5) is 0 Å². The van der Waals surface area contributed by atoms with Crippen molar-refractivity contribution in [2.24, 2.45) is 5.41 Å². The van der Waals surface area contributed by atoms with Gasteiger partial charge in [-0.3, -0.25) is 14.6 Å². The molecule has 8 heteroatoms. The molecule has 0 bridgehead atoms. The average Bonchev–Trinajstić information content (AvgIpc) is 2.78. The molecular formula is C25H19Cl2N3O2S. The van der Waals surface area contributed by atoms with Crippen molar-refractivity contribution in [3.63, 3.8) is 0 Å². The van der Waals surface area contributed by atoms with E-state index in [9.17, 15) is 14.9 Å². The fourth-order valence-electron chi connectivity index (χ4n) is 3.97. The van der Waals surface area contributed by atoms with E-state index in [1.807, 2.05) is 19.9 Å². The lowest BCUT2D eigenvalue weighted by molar-refractivity contribution is 0.0909. The van der Waals surface area contributed by atoms with E-state index in [4.69, 9.17) is 28.2 Å². The van der Waals surface area contributed by atoms with Crippen molar-refractivity contribution < 1.29 is 9.59 Å². The Morgan fingerprint density at radius 2 is 1.97 bits per heavy atom. The molecule has 0 atom stereocenters. The fourth-order valence-corrected chi connectivity index (χ4v) is 5.17. The number of hydrogen-bond donors (Lipinski definition) is 0. The smallest absolute Gasteiger partial charge is 0.173 e. The molecule has 0 N–H and O–H groups in total. The van der Waals surface area contributed by atoms with E-state index in [2.05, 4.69) is 11.1 Å². The Balaban J connectivity index is 1.78. The van der Waals surface area contributed by atoms with Crippen molar-refractivity contribution in [2.75, 3.05) is 5.75 Å². The van der Waals surface area contributed by atoms with E-state index in [-0.39, 0.29) is 28.3 Å². The first-order valence-corrected chi connectivity index (χ1v) is 12.0. The first-order chi connectivity index (χ1) is 15.7. The van der Waals surface area contributed by atoms with E-state index < -0.39 is 0 Å². The number of halogens is 2. The summed E-state index contributed by atoms with van der Waals surface area (Å²) >= 11 is 13.2. The zero-order valence-corrected chi connectivity index (χ0v) is 20.3.